The van der Waals surface area contributed by atoms with Crippen LogP contribution in [0.4, 0.5) is 4.79 Å². The fourth-order valence-electron chi connectivity index (χ4n) is 2.67. The molecule has 1 aromatic carbocycles. The van der Waals surface area contributed by atoms with Gasteiger partial charge in [0.1, 0.15) is 5.75 Å². The summed E-state index contributed by atoms with van der Waals surface area (Å²) in [4.78, 5) is 12.0. The van der Waals surface area contributed by atoms with Gasteiger partial charge in [0.25, 0.3) is 0 Å². The normalized spacial score (nSPS) is 18.6. The Morgan fingerprint density at radius 3 is 2.32 bits per heavy atom. The highest BCUT2D eigenvalue weighted by atomic mass is 16.3. The second-order valence-electron chi connectivity index (χ2n) is 6.67. The number of phenols is 1. The molecule has 2 amide bonds. The van der Waals surface area contributed by atoms with Crippen molar-refractivity contribution in [2.45, 2.75) is 45.8 Å². The third kappa shape index (κ3) is 3.91. The van der Waals surface area contributed by atoms with Crippen molar-refractivity contribution in [3.63, 3.8) is 0 Å². The predicted octanol–water partition coefficient (Wildman–Crippen LogP) is 2.55. The van der Waals surface area contributed by atoms with Gasteiger partial charge in [-0.3, -0.25) is 0 Å². The molecule has 5 heteroatoms. The van der Waals surface area contributed by atoms with E-state index >= 15 is 0 Å². The van der Waals surface area contributed by atoms with E-state index in [9.17, 15) is 15.0 Å². The average Bonchev–Trinajstić information content (AvgIpc) is 3.26. The molecule has 5 nitrogen and oxygen atoms in total. The molecule has 0 bridgehead atoms. The van der Waals surface area contributed by atoms with Crippen LogP contribution >= 0.6 is 0 Å². The van der Waals surface area contributed by atoms with E-state index in [1.165, 1.54) is 12.1 Å². The number of aliphatic hydroxyl groups is 1. The fourth-order valence-corrected chi connectivity index (χ4v) is 2.67. The number of carbonyl (C=O) groups is 1. The third-order valence-electron chi connectivity index (χ3n) is 4.78. The van der Waals surface area contributed by atoms with E-state index in [1.807, 2.05) is 0 Å². The summed E-state index contributed by atoms with van der Waals surface area (Å²) in [7, 11) is 0. The van der Waals surface area contributed by atoms with Crippen LogP contribution in [0.1, 0.15) is 45.3 Å². The summed E-state index contributed by atoms with van der Waals surface area (Å²) in [5.41, 5.74) is 0.919. The molecular weight excluding hydrogens is 280 g/mol. The first-order valence-electron chi connectivity index (χ1n) is 7.85. The molecule has 122 valence electrons. The Hall–Kier alpha value is -1.75. The molecule has 22 heavy (non-hydrogen) atoms. The van der Waals surface area contributed by atoms with Crippen molar-refractivity contribution < 1.29 is 15.0 Å². The van der Waals surface area contributed by atoms with Crippen molar-refractivity contribution >= 4 is 6.03 Å². The second-order valence-corrected chi connectivity index (χ2v) is 6.67. The van der Waals surface area contributed by atoms with Gasteiger partial charge in [-0.15, -0.1) is 0 Å². The van der Waals surface area contributed by atoms with Crippen LogP contribution < -0.4 is 10.6 Å². The number of hydrogen-bond acceptors (Lipinski definition) is 3. The maximum atomic E-state index is 12.0. The minimum absolute atomic E-state index is 0.151. The summed E-state index contributed by atoms with van der Waals surface area (Å²) < 4.78 is 0. The van der Waals surface area contributed by atoms with Crippen molar-refractivity contribution in [1.29, 1.82) is 0 Å². The first-order chi connectivity index (χ1) is 10.3. The molecule has 1 fully saturated rings. The minimum Gasteiger partial charge on any atom is -0.508 e. The van der Waals surface area contributed by atoms with Crippen LogP contribution in [-0.2, 0) is 0 Å². The molecule has 0 aromatic heterocycles. The van der Waals surface area contributed by atoms with Gasteiger partial charge in [-0.1, -0.05) is 26.0 Å². The molecule has 1 aliphatic carbocycles. The largest absolute Gasteiger partial charge is 0.508 e. The maximum absolute atomic E-state index is 12.0. The molecule has 1 saturated carbocycles. The third-order valence-corrected chi connectivity index (χ3v) is 4.78. The van der Waals surface area contributed by atoms with Crippen molar-refractivity contribution in [1.82, 2.24) is 10.6 Å². The minimum atomic E-state index is -0.814. The number of urea groups is 1. The second kappa shape index (κ2) is 6.57. The van der Waals surface area contributed by atoms with E-state index in [1.54, 1.807) is 19.1 Å². The number of aliphatic hydroxyl groups excluding tert-OH is 1. The first-order valence-corrected chi connectivity index (χ1v) is 7.85. The monoisotopic (exact) mass is 306 g/mol. The van der Waals surface area contributed by atoms with Gasteiger partial charge in [0, 0.05) is 6.54 Å². The van der Waals surface area contributed by atoms with E-state index in [4.69, 9.17) is 0 Å². The van der Waals surface area contributed by atoms with E-state index in [0.717, 1.165) is 12.8 Å². The SMILES string of the molecule is CC(C)C1(CNC(=O)N[C@H](C)[C@@H](O)c2ccc(O)cc2)CC1. The molecule has 1 aromatic rings. The summed E-state index contributed by atoms with van der Waals surface area (Å²) in [5.74, 6) is 0.713. The molecule has 0 radical (unpaired) electrons. The van der Waals surface area contributed by atoms with Gasteiger partial charge >= 0.3 is 6.03 Å². The Kier molecular flexibility index (Phi) is 4.96. The van der Waals surface area contributed by atoms with Gasteiger partial charge in [-0.05, 0) is 48.8 Å². The quantitative estimate of drug-likeness (QED) is 0.652. The Balaban J connectivity index is 1.82. The number of amides is 2. The topological polar surface area (TPSA) is 81.6 Å². The molecule has 0 aliphatic heterocycles. The molecule has 0 spiro atoms. The lowest BCUT2D eigenvalue weighted by Crippen LogP contribution is -2.45. The van der Waals surface area contributed by atoms with Crippen molar-refractivity contribution in [2.24, 2.45) is 11.3 Å². The van der Waals surface area contributed by atoms with Crippen LogP contribution in [0.15, 0.2) is 24.3 Å². The van der Waals surface area contributed by atoms with Crippen molar-refractivity contribution in [2.75, 3.05) is 6.54 Å². The Morgan fingerprint density at radius 1 is 1.23 bits per heavy atom. The van der Waals surface area contributed by atoms with Crippen LogP contribution in [0, 0.1) is 11.3 Å². The lowest BCUT2D eigenvalue weighted by Gasteiger charge is -2.23. The van der Waals surface area contributed by atoms with Gasteiger partial charge in [0.2, 0.25) is 0 Å². The van der Waals surface area contributed by atoms with E-state index < -0.39 is 12.1 Å². The van der Waals surface area contributed by atoms with E-state index in [2.05, 4.69) is 24.5 Å². The Labute approximate surface area is 131 Å². The average molecular weight is 306 g/mol. The molecular formula is C17H26N2O3. The number of rotatable bonds is 6. The number of phenolic OH excluding ortho intramolecular Hbond substituents is 1. The Morgan fingerprint density at radius 2 is 1.82 bits per heavy atom. The molecule has 2 atom stereocenters. The van der Waals surface area contributed by atoms with Crippen LogP contribution in [0.5, 0.6) is 5.75 Å². The van der Waals surface area contributed by atoms with Gasteiger partial charge in [-0.2, -0.15) is 0 Å². The van der Waals surface area contributed by atoms with Gasteiger partial charge < -0.3 is 20.8 Å². The summed E-state index contributed by atoms with van der Waals surface area (Å²) in [6.07, 6.45) is 1.51. The number of hydrogen-bond donors (Lipinski definition) is 4. The zero-order chi connectivity index (χ0) is 16.3. The van der Waals surface area contributed by atoms with Crippen molar-refractivity contribution in [3.8, 4) is 5.75 Å². The highest BCUT2D eigenvalue weighted by molar-refractivity contribution is 5.74. The highest BCUT2D eigenvalue weighted by Gasteiger charge is 2.45. The van der Waals surface area contributed by atoms with Crippen LogP contribution in [-0.4, -0.2) is 28.8 Å². The maximum Gasteiger partial charge on any atom is 0.315 e. The van der Waals surface area contributed by atoms with E-state index in [-0.39, 0.29) is 17.2 Å². The molecule has 2 rings (SSSR count). The standard InChI is InChI=1S/C17H26N2O3/c1-11(2)17(8-9-17)10-18-16(22)19-12(3)15(21)13-4-6-14(20)7-5-13/h4-7,11-12,15,20-21H,8-10H2,1-3H3,(H2,18,19,22)/t12-,15-/m1/s1. The smallest absolute Gasteiger partial charge is 0.315 e. The summed E-state index contributed by atoms with van der Waals surface area (Å²) in [6.45, 7) is 6.80. The Bertz CT molecular complexity index is 509. The molecule has 0 saturated heterocycles. The van der Waals surface area contributed by atoms with Crippen molar-refractivity contribution in [3.05, 3.63) is 29.8 Å². The van der Waals surface area contributed by atoms with Gasteiger partial charge in [0.05, 0.1) is 12.1 Å². The number of benzene rings is 1. The molecule has 1 aliphatic rings. The van der Waals surface area contributed by atoms with Crippen LogP contribution in [0.2, 0.25) is 0 Å². The predicted molar refractivity (Wildman–Crippen MR) is 85.6 cm³/mol. The van der Waals surface area contributed by atoms with Crippen LogP contribution in [0.25, 0.3) is 0 Å². The zero-order valence-corrected chi connectivity index (χ0v) is 13.5. The number of aromatic hydroxyl groups is 1. The lowest BCUT2D eigenvalue weighted by molar-refractivity contribution is 0.137. The number of carbonyl (C=O) groups excluding carboxylic acids is 1. The summed E-state index contributed by atoms with van der Waals surface area (Å²) >= 11 is 0. The van der Waals surface area contributed by atoms with Crippen LogP contribution in [0.3, 0.4) is 0 Å². The fraction of sp³-hybridized carbons (Fsp3) is 0.588. The number of nitrogens with one attached hydrogen (secondary N) is 2. The highest BCUT2D eigenvalue weighted by Crippen LogP contribution is 2.51. The van der Waals surface area contributed by atoms with Gasteiger partial charge in [0.15, 0.2) is 0 Å². The zero-order valence-electron chi connectivity index (χ0n) is 13.5. The first kappa shape index (κ1) is 16.6. The molecule has 4 N–H and O–H groups in total. The van der Waals surface area contributed by atoms with E-state index in [0.29, 0.717) is 18.0 Å². The molecule has 0 heterocycles. The lowest BCUT2D eigenvalue weighted by atomic mass is 9.92. The summed E-state index contributed by atoms with van der Waals surface area (Å²) in [5, 5.41) is 25.2. The summed E-state index contributed by atoms with van der Waals surface area (Å²) in [6, 6.07) is 5.66. The van der Waals surface area contributed by atoms with Gasteiger partial charge in [-0.25, -0.2) is 4.79 Å². The molecule has 0 unspecified atom stereocenters.